The lowest BCUT2D eigenvalue weighted by Gasteiger charge is -1.99. The number of nitrogens with one attached hydrogen (secondary N) is 1. The van der Waals surface area contributed by atoms with Crippen LogP contribution in [0.15, 0.2) is 26.6 Å². The van der Waals surface area contributed by atoms with Crippen LogP contribution in [-0.2, 0) is 14.8 Å². The summed E-state index contributed by atoms with van der Waals surface area (Å²) in [5.74, 6) is -0.991. The first kappa shape index (κ1) is 16.2. The molecule has 22 heavy (non-hydrogen) atoms. The van der Waals surface area contributed by atoms with E-state index in [1.54, 1.807) is 0 Å². The van der Waals surface area contributed by atoms with Gasteiger partial charge in [-0.25, -0.2) is 14.7 Å². The number of hydrogen-bond donors (Lipinski definition) is 1. The van der Waals surface area contributed by atoms with Gasteiger partial charge in [-0.15, -0.1) is 0 Å². The average Bonchev–Trinajstić information content (AvgIpc) is 3.05. The minimum atomic E-state index is -4.14. The summed E-state index contributed by atoms with van der Waals surface area (Å²) in [6.45, 7) is 2.75. The first-order valence-corrected chi connectivity index (χ1v) is 8.32. The Labute approximate surface area is 129 Å². The zero-order chi connectivity index (χ0) is 16.3. The van der Waals surface area contributed by atoms with Crippen molar-refractivity contribution in [2.24, 2.45) is 0 Å². The summed E-state index contributed by atoms with van der Waals surface area (Å²) in [6.07, 6.45) is 2.20. The number of Topliss-reactive ketones (excluding diaryl/α,β-unsaturated/α-hetero) is 1. The van der Waals surface area contributed by atoms with Gasteiger partial charge in [-0.05, 0) is 6.92 Å². The molecule has 2 rings (SSSR count). The van der Waals surface area contributed by atoms with Crippen LogP contribution in [0.1, 0.15) is 23.2 Å². The Kier molecular flexibility index (Phi) is 4.66. The van der Waals surface area contributed by atoms with E-state index in [9.17, 15) is 18.0 Å². The molecule has 1 N–H and O–H groups in total. The molecule has 2 aromatic heterocycles. The molecule has 118 valence electrons. The number of aryl methyl sites for hydroxylation is 1. The van der Waals surface area contributed by atoms with E-state index in [0.717, 1.165) is 24.4 Å². The van der Waals surface area contributed by atoms with Crippen LogP contribution in [0.4, 0.5) is 5.88 Å². The highest BCUT2D eigenvalue weighted by molar-refractivity contribution is 8.14. The largest absolute Gasteiger partial charge is 0.427 e. The molecule has 0 radical (unpaired) electrons. The van der Waals surface area contributed by atoms with Crippen molar-refractivity contribution in [3.8, 4) is 0 Å². The zero-order valence-electron chi connectivity index (χ0n) is 11.5. The second-order valence-electron chi connectivity index (χ2n) is 4.07. The van der Waals surface area contributed by atoms with Gasteiger partial charge in [0.1, 0.15) is 0 Å². The van der Waals surface area contributed by atoms with E-state index < -0.39 is 21.0 Å². The molecule has 0 aliphatic heterocycles. The fourth-order valence-corrected chi connectivity index (χ4v) is 2.79. The van der Waals surface area contributed by atoms with Crippen molar-refractivity contribution in [1.82, 2.24) is 9.97 Å². The molecular weight excluding hydrogens is 334 g/mol. The van der Waals surface area contributed by atoms with Crippen molar-refractivity contribution < 1.29 is 26.8 Å². The Balaban J connectivity index is 2.21. The Hall–Kier alpha value is -2.14. The van der Waals surface area contributed by atoms with Crippen LogP contribution in [0.5, 0.6) is 0 Å². The fourth-order valence-electron chi connectivity index (χ4n) is 1.42. The molecule has 0 amide bonds. The summed E-state index contributed by atoms with van der Waals surface area (Å²) < 4.78 is 35.9. The van der Waals surface area contributed by atoms with Crippen molar-refractivity contribution in [3.63, 3.8) is 0 Å². The van der Waals surface area contributed by atoms with Crippen LogP contribution in [0.25, 0.3) is 0 Å². The Morgan fingerprint density at radius 1 is 1.41 bits per heavy atom. The van der Waals surface area contributed by atoms with Gasteiger partial charge in [0.05, 0.1) is 17.6 Å². The second-order valence-corrected chi connectivity index (χ2v) is 6.78. The van der Waals surface area contributed by atoms with E-state index in [0.29, 0.717) is 0 Å². The van der Waals surface area contributed by atoms with Crippen LogP contribution >= 0.6 is 11.8 Å². The summed E-state index contributed by atoms with van der Waals surface area (Å²) in [6, 6.07) is 0. The summed E-state index contributed by atoms with van der Waals surface area (Å²) in [5.41, 5.74) is 0.118. The maximum absolute atomic E-state index is 12.0. The van der Waals surface area contributed by atoms with E-state index in [-0.39, 0.29) is 28.2 Å². The number of thioether (sulfide) groups is 1. The summed E-state index contributed by atoms with van der Waals surface area (Å²) in [5, 5.41) is -0.900. The number of ketones is 1. The molecule has 0 aromatic carbocycles. The molecule has 0 unspecified atom stereocenters. The number of carbonyl (C=O) groups excluding carboxylic acids is 2. The van der Waals surface area contributed by atoms with Crippen molar-refractivity contribution in [2.45, 2.75) is 19.1 Å². The maximum atomic E-state index is 12.0. The van der Waals surface area contributed by atoms with Gasteiger partial charge in [-0.1, -0.05) is 11.8 Å². The smallest absolute Gasteiger partial charge is 0.337 e. The van der Waals surface area contributed by atoms with Crippen molar-refractivity contribution in [1.29, 1.82) is 0 Å². The molecule has 0 fully saturated rings. The molecule has 0 aliphatic carbocycles. The molecule has 2 aromatic rings. The SMILES string of the molecule is CC(=O)SCC(=O)c1oc(S(=O)(=O)Nc2cnco2)nc1C. The highest BCUT2D eigenvalue weighted by atomic mass is 32.2. The number of sulfonamides is 1. The number of hydrogen-bond acceptors (Lipinski definition) is 9. The van der Waals surface area contributed by atoms with Gasteiger partial charge in [0.25, 0.3) is 0 Å². The topological polar surface area (TPSA) is 132 Å². The fraction of sp³-hybridized carbons (Fsp3) is 0.273. The number of oxazole rings is 2. The van der Waals surface area contributed by atoms with E-state index in [4.69, 9.17) is 8.83 Å². The minimum Gasteiger partial charge on any atom is -0.427 e. The summed E-state index contributed by atoms with van der Waals surface area (Å²) in [7, 11) is -4.14. The van der Waals surface area contributed by atoms with Crippen LogP contribution in [0.3, 0.4) is 0 Å². The lowest BCUT2D eigenvalue weighted by Crippen LogP contribution is -2.12. The summed E-state index contributed by atoms with van der Waals surface area (Å²) in [4.78, 5) is 30.0. The molecule has 0 aliphatic rings. The lowest BCUT2D eigenvalue weighted by atomic mass is 10.3. The van der Waals surface area contributed by atoms with Gasteiger partial charge >= 0.3 is 15.2 Å². The van der Waals surface area contributed by atoms with Crippen molar-refractivity contribution in [2.75, 3.05) is 10.5 Å². The molecular formula is C11H11N3O6S2. The lowest BCUT2D eigenvalue weighted by molar-refractivity contribution is -0.109. The number of rotatable bonds is 6. The van der Waals surface area contributed by atoms with E-state index in [1.807, 2.05) is 0 Å². The molecule has 0 spiro atoms. The molecule has 9 nitrogen and oxygen atoms in total. The van der Waals surface area contributed by atoms with Crippen molar-refractivity contribution in [3.05, 3.63) is 24.0 Å². The maximum Gasteiger partial charge on any atom is 0.337 e. The van der Waals surface area contributed by atoms with Crippen LogP contribution in [0, 0.1) is 6.92 Å². The third kappa shape index (κ3) is 3.74. The highest BCUT2D eigenvalue weighted by Gasteiger charge is 2.27. The normalized spacial score (nSPS) is 11.4. The summed E-state index contributed by atoms with van der Waals surface area (Å²) >= 11 is 0.799. The van der Waals surface area contributed by atoms with Gasteiger partial charge in [-0.3, -0.25) is 9.59 Å². The molecule has 11 heteroatoms. The van der Waals surface area contributed by atoms with E-state index in [1.165, 1.54) is 13.8 Å². The Morgan fingerprint density at radius 2 is 2.14 bits per heavy atom. The van der Waals surface area contributed by atoms with Gasteiger partial charge in [0, 0.05) is 6.92 Å². The Morgan fingerprint density at radius 3 is 2.73 bits per heavy atom. The third-order valence-corrected chi connectivity index (χ3v) is 4.25. The first-order chi connectivity index (χ1) is 10.3. The molecule has 0 bridgehead atoms. The standard InChI is InChI=1S/C11H11N3O6S2/c1-6-10(8(16)4-21-7(2)15)20-11(13-6)22(17,18)14-9-3-12-5-19-9/h3,5,14H,4H2,1-2H3. The van der Waals surface area contributed by atoms with E-state index in [2.05, 4.69) is 14.7 Å². The zero-order valence-corrected chi connectivity index (χ0v) is 13.2. The third-order valence-electron chi connectivity index (χ3n) is 2.33. The monoisotopic (exact) mass is 345 g/mol. The van der Waals surface area contributed by atoms with Gasteiger partial charge in [-0.2, -0.15) is 8.42 Å². The predicted octanol–water partition coefficient (Wildman–Crippen LogP) is 1.23. The molecule has 0 saturated heterocycles. The van der Waals surface area contributed by atoms with Crippen LogP contribution < -0.4 is 4.72 Å². The number of anilines is 1. The van der Waals surface area contributed by atoms with Gasteiger partial charge in [0.15, 0.2) is 17.3 Å². The number of nitrogens with zero attached hydrogens (tertiary/aromatic N) is 2. The van der Waals surface area contributed by atoms with Gasteiger partial charge < -0.3 is 8.83 Å². The number of carbonyl (C=O) groups is 2. The predicted molar refractivity (Wildman–Crippen MR) is 76.0 cm³/mol. The molecule has 2 heterocycles. The Bertz CT molecular complexity index is 794. The molecule has 0 saturated carbocycles. The minimum absolute atomic E-state index is 0.115. The van der Waals surface area contributed by atoms with E-state index >= 15 is 0 Å². The van der Waals surface area contributed by atoms with Crippen LogP contribution in [0.2, 0.25) is 0 Å². The van der Waals surface area contributed by atoms with Gasteiger partial charge in [0.2, 0.25) is 11.7 Å². The highest BCUT2D eigenvalue weighted by Crippen LogP contribution is 2.20. The average molecular weight is 345 g/mol. The first-order valence-electron chi connectivity index (χ1n) is 5.85. The van der Waals surface area contributed by atoms with Crippen molar-refractivity contribution >= 4 is 38.6 Å². The quantitative estimate of drug-likeness (QED) is 0.767. The number of aromatic nitrogens is 2. The second kappa shape index (κ2) is 6.32. The molecule has 0 atom stereocenters. The van der Waals surface area contributed by atoms with Crippen LogP contribution in [-0.4, -0.2) is 35.0 Å².